The SMILES string of the molecule is COC(=O)c1scc(C)c1-c1ccccc1OC(C)C. The van der Waals surface area contributed by atoms with Crippen LogP contribution >= 0.6 is 11.3 Å². The number of para-hydroxylation sites is 1. The molecule has 1 heterocycles. The van der Waals surface area contributed by atoms with Gasteiger partial charge in [0, 0.05) is 11.1 Å². The van der Waals surface area contributed by atoms with Gasteiger partial charge < -0.3 is 9.47 Å². The van der Waals surface area contributed by atoms with E-state index < -0.39 is 0 Å². The van der Waals surface area contributed by atoms with Gasteiger partial charge in [-0.2, -0.15) is 0 Å². The number of hydrogen-bond acceptors (Lipinski definition) is 4. The third kappa shape index (κ3) is 2.85. The van der Waals surface area contributed by atoms with Crippen LogP contribution in [0.5, 0.6) is 5.75 Å². The van der Waals surface area contributed by atoms with Crippen LogP contribution in [0.1, 0.15) is 29.1 Å². The molecule has 20 heavy (non-hydrogen) atoms. The number of methoxy groups -OCH3 is 1. The molecule has 0 fully saturated rings. The van der Waals surface area contributed by atoms with Gasteiger partial charge in [0.05, 0.1) is 13.2 Å². The zero-order chi connectivity index (χ0) is 14.7. The lowest BCUT2D eigenvalue weighted by molar-refractivity contribution is 0.0607. The number of benzene rings is 1. The lowest BCUT2D eigenvalue weighted by Gasteiger charge is -2.15. The summed E-state index contributed by atoms with van der Waals surface area (Å²) in [4.78, 5) is 12.5. The topological polar surface area (TPSA) is 35.5 Å². The van der Waals surface area contributed by atoms with E-state index in [0.717, 1.165) is 22.4 Å². The summed E-state index contributed by atoms with van der Waals surface area (Å²) in [6.07, 6.45) is 0.0802. The molecule has 0 unspecified atom stereocenters. The summed E-state index contributed by atoms with van der Waals surface area (Å²) in [6.45, 7) is 5.96. The highest BCUT2D eigenvalue weighted by molar-refractivity contribution is 7.12. The fourth-order valence-corrected chi connectivity index (χ4v) is 3.03. The predicted molar refractivity (Wildman–Crippen MR) is 81.6 cm³/mol. The van der Waals surface area contributed by atoms with Crippen LogP contribution in [0.4, 0.5) is 0 Å². The lowest BCUT2D eigenvalue weighted by atomic mass is 10.0. The first kappa shape index (κ1) is 14.6. The Labute approximate surface area is 123 Å². The van der Waals surface area contributed by atoms with Crippen molar-refractivity contribution in [2.75, 3.05) is 7.11 Å². The smallest absolute Gasteiger partial charge is 0.348 e. The van der Waals surface area contributed by atoms with Gasteiger partial charge in [-0.25, -0.2) is 4.79 Å². The van der Waals surface area contributed by atoms with Gasteiger partial charge in [0.1, 0.15) is 10.6 Å². The highest BCUT2D eigenvalue weighted by Crippen LogP contribution is 2.38. The molecule has 106 valence electrons. The van der Waals surface area contributed by atoms with Crippen molar-refractivity contribution in [2.24, 2.45) is 0 Å². The van der Waals surface area contributed by atoms with E-state index in [1.165, 1.54) is 18.4 Å². The van der Waals surface area contributed by atoms with Crippen LogP contribution in [0, 0.1) is 6.92 Å². The molecule has 0 N–H and O–H groups in total. The fourth-order valence-electron chi connectivity index (χ4n) is 2.05. The summed E-state index contributed by atoms with van der Waals surface area (Å²) in [5.74, 6) is 0.478. The Morgan fingerprint density at radius 1 is 1.25 bits per heavy atom. The number of hydrogen-bond donors (Lipinski definition) is 0. The third-order valence-corrected chi connectivity index (χ3v) is 3.94. The predicted octanol–water partition coefficient (Wildman–Crippen LogP) is 4.30. The summed E-state index contributed by atoms with van der Waals surface area (Å²) < 4.78 is 10.7. The van der Waals surface area contributed by atoms with Crippen molar-refractivity contribution in [1.82, 2.24) is 0 Å². The van der Waals surface area contributed by atoms with Gasteiger partial charge in [-0.3, -0.25) is 0 Å². The second kappa shape index (κ2) is 6.09. The van der Waals surface area contributed by atoms with Gasteiger partial charge >= 0.3 is 5.97 Å². The molecule has 2 rings (SSSR count). The quantitative estimate of drug-likeness (QED) is 0.788. The van der Waals surface area contributed by atoms with Gasteiger partial charge in [0.25, 0.3) is 0 Å². The molecule has 0 radical (unpaired) electrons. The number of rotatable bonds is 4. The summed E-state index contributed by atoms with van der Waals surface area (Å²) in [5, 5.41) is 1.97. The van der Waals surface area contributed by atoms with E-state index in [2.05, 4.69) is 0 Å². The molecule has 3 nitrogen and oxygen atoms in total. The second-order valence-corrected chi connectivity index (χ2v) is 5.66. The molecule has 0 amide bonds. The molecule has 0 spiro atoms. The Balaban J connectivity index is 2.57. The van der Waals surface area contributed by atoms with Gasteiger partial charge in [-0.1, -0.05) is 18.2 Å². The normalized spacial score (nSPS) is 10.7. The zero-order valence-electron chi connectivity index (χ0n) is 12.1. The molecule has 0 saturated carbocycles. The molecule has 0 aliphatic heterocycles. The highest BCUT2D eigenvalue weighted by Gasteiger charge is 2.20. The van der Waals surface area contributed by atoms with Crippen molar-refractivity contribution >= 4 is 17.3 Å². The van der Waals surface area contributed by atoms with Gasteiger partial charge in [0.2, 0.25) is 0 Å². The average Bonchev–Trinajstić information content (AvgIpc) is 2.80. The summed E-state index contributed by atoms with van der Waals surface area (Å²) in [6, 6.07) is 7.77. The summed E-state index contributed by atoms with van der Waals surface area (Å²) >= 11 is 1.40. The number of carbonyl (C=O) groups is 1. The molecule has 0 aliphatic carbocycles. The van der Waals surface area contributed by atoms with E-state index in [-0.39, 0.29) is 12.1 Å². The fraction of sp³-hybridized carbons (Fsp3) is 0.312. The minimum Gasteiger partial charge on any atom is -0.490 e. The van der Waals surface area contributed by atoms with E-state index in [9.17, 15) is 4.79 Å². The minimum absolute atomic E-state index is 0.0802. The first-order valence-corrected chi connectivity index (χ1v) is 7.35. The molecule has 4 heteroatoms. The number of ether oxygens (including phenoxy) is 2. The van der Waals surface area contributed by atoms with E-state index in [1.54, 1.807) is 0 Å². The first-order chi connectivity index (χ1) is 9.54. The maximum Gasteiger partial charge on any atom is 0.348 e. The molecule has 2 aromatic rings. The number of thiophene rings is 1. The molecular formula is C16H18O3S. The third-order valence-electron chi connectivity index (χ3n) is 2.86. The van der Waals surface area contributed by atoms with E-state index in [0.29, 0.717) is 4.88 Å². The lowest BCUT2D eigenvalue weighted by Crippen LogP contribution is -2.07. The summed E-state index contributed by atoms with van der Waals surface area (Å²) in [7, 11) is 1.40. The zero-order valence-corrected chi connectivity index (χ0v) is 12.9. The van der Waals surface area contributed by atoms with Crippen molar-refractivity contribution in [3.05, 3.63) is 40.1 Å². The van der Waals surface area contributed by atoms with E-state index in [1.807, 2.05) is 50.4 Å². The van der Waals surface area contributed by atoms with Crippen LogP contribution in [-0.4, -0.2) is 19.2 Å². The first-order valence-electron chi connectivity index (χ1n) is 6.47. The van der Waals surface area contributed by atoms with Gasteiger partial charge in [-0.05, 0) is 37.8 Å². The number of carbonyl (C=O) groups excluding carboxylic acids is 1. The Kier molecular flexibility index (Phi) is 4.45. The molecule has 0 atom stereocenters. The van der Waals surface area contributed by atoms with Crippen LogP contribution in [-0.2, 0) is 4.74 Å². The van der Waals surface area contributed by atoms with Crippen LogP contribution < -0.4 is 4.74 Å². The molecule has 0 bridgehead atoms. The Bertz CT molecular complexity index is 614. The van der Waals surface area contributed by atoms with Crippen molar-refractivity contribution < 1.29 is 14.3 Å². The Morgan fingerprint density at radius 3 is 2.60 bits per heavy atom. The maximum atomic E-state index is 11.9. The molecule has 0 saturated heterocycles. The second-order valence-electron chi connectivity index (χ2n) is 4.78. The standard InChI is InChI=1S/C16H18O3S/c1-10(2)19-13-8-6-5-7-12(13)14-11(3)9-20-15(14)16(17)18-4/h5-10H,1-4H3. The summed E-state index contributed by atoms with van der Waals surface area (Å²) in [5.41, 5.74) is 2.88. The van der Waals surface area contributed by atoms with Gasteiger partial charge in [0.15, 0.2) is 0 Å². The molecule has 1 aromatic carbocycles. The van der Waals surface area contributed by atoms with Crippen molar-refractivity contribution in [3.8, 4) is 16.9 Å². The van der Waals surface area contributed by atoms with Crippen molar-refractivity contribution in [3.63, 3.8) is 0 Å². The van der Waals surface area contributed by atoms with Crippen LogP contribution in [0.3, 0.4) is 0 Å². The van der Waals surface area contributed by atoms with Crippen LogP contribution in [0.15, 0.2) is 29.6 Å². The van der Waals surface area contributed by atoms with Crippen LogP contribution in [0.25, 0.3) is 11.1 Å². The highest BCUT2D eigenvalue weighted by atomic mass is 32.1. The molecule has 0 aliphatic rings. The average molecular weight is 290 g/mol. The van der Waals surface area contributed by atoms with Gasteiger partial charge in [-0.15, -0.1) is 11.3 Å². The monoisotopic (exact) mass is 290 g/mol. The van der Waals surface area contributed by atoms with Crippen LogP contribution in [0.2, 0.25) is 0 Å². The molecular weight excluding hydrogens is 272 g/mol. The number of aryl methyl sites for hydroxylation is 1. The molecule has 1 aromatic heterocycles. The minimum atomic E-state index is -0.308. The van der Waals surface area contributed by atoms with E-state index >= 15 is 0 Å². The van der Waals surface area contributed by atoms with E-state index in [4.69, 9.17) is 9.47 Å². The Hall–Kier alpha value is -1.81. The largest absolute Gasteiger partial charge is 0.490 e. The maximum absolute atomic E-state index is 11.9. The van der Waals surface area contributed by atoms with Crippen molar-refractivity contribution in [2.45, 2.75) is 26.9 Å². The van der Waals surface area contributed by atoms with Crippen molar-refractivity contribution in [1.29, 1.82) is 0 Å². The Morgan fingerprint density at radius 2 is 1.95 bits per heavy atom. The number of esters is 1.